The molecule has 2 aliphatic carbocycles. The van der Waals surface area contributed by atoms with E-state index in [1.807, 2.05) is 0 Å². The fourth-order valence-corrected chi connectivity index (χ4v) is 31.4. The van der Waals surface area contributed by atoms with Gasteiger partial charge in [0.1, 0.15) is 0 Å². The molecular formula is C30H32SiTi. The summed E-state index contributed by atoms with van der Waals surface area (Å²) in [5.41, 5.74) is 6.06. The molecule has 2 heteroatoms. The van der Waals surface area contributed by atoms with E-state index in [0.717, 1.165) is 6.42 Å². The molecule has 2 aliphatic rings. The summed E-state index contributed by atoms with van der Waals surface area (Å²) in [5, 5.41) is 0. The van der Waals surface area contributed by atoms with Crippen molar-refractivity contribution in [3.63, 3.8) is 0 Å². The van der Waals surface area contributed by atoms with Crippen molar-refractivity contribution in [1.29, 1.82) is 0 Å². The van der Waals surface area contributed by atoms with Crippen molar-refractivity contribution >= 4 is 12.3 Å². The molecule has 5 rings (SSSR count). The molecule has 32 heavy (non-hydrogen) atoms. The molecule has 0 nitrogen and oxygen atoms in total. The molecule has 1 unspecified atom stereocenters. The van der Waals surface area contributed by atoms with Crippen LogP contribution in [0.4, 0.5) is 0 Å². The van der Waals surface area contributed by atoms with Crippen LogP contribution in [0.5, 0.6) is 0 Å². The monoisotopic (exact) mass is 468 g/mol. The van der Waals surface area contributed by atoms with E-state index in [1.54, 1.807) is 9.44 Å². The first kappa shape index (κ1) is 21.6. The van der Waals surface area contributed by atoms with Gasteiger partial charge < -0.3 is 0 Å². The van der Waals surface area contributed by atoms with Crippen LogP contribution >= 0.6 is 0 Å². The Balaban J connectivity index is 1.86. The maximum atomic E-state index is 2.64. The van der Waals surface area contributed by atoms with Crippen LogP contribution in [0.15, 0.2) is 113 Å². The van der Waals surface area contributed by atoms with Gasteiger partial charge >= 0.3 is 195 Å². The molecule has 3 aromatic rings. The number of benzene rings is 3. The van der Waals surface area contributed by atoms with Gasteiger partial charge in [-0.25, -0.2) is 0 Å². The zero-order valence-corrected chi connectivity index (χ0v) is 21.7. The Bertz CT molecular complexity index is 1240. The van der Waals surface area contributed by atoms with E-state index in [0.29, 0.717) is 4.22 Å². The van der Waals surface area contributed by atoms with E-state index < -0.39 is 20.2 Å². The van der Waals surface area contributed by atoms with E-state index >= 15 is 0 Å². The van der Waals surface area contributed by atoms with Crippen LogP contribution in [-0.2, 0) is 23.5 Å². The Labute approximate surface area is 194 Å². The Hall–Kier alpha value is -2.19. The van der Waals surface area contributed by atoms with Crippen LogP contribution in [-0.4, -0.2) is 6.19 Å². The average molecular weight is 469 g/mol. The Kier molecular flexibility index (Phi) is 5.84. The SMILES string of the molecule is C[Si](C)=[Ti]([CH2]c1ccccc1)([CH2]c1ccccc1)([C]1=CC=CC1)[CH]1C=Cc2ccccc21. The minimum absolute atomic E-state index is 0.554. The van der Waals surface area contributed by atoms with E-state index in [9.17, 15) is 0 Å². The van der Waals surface area contributed by atoms with Gasteiger partial charge in [0.15, 0.2) is 0 Å². The Morgan fingerprint density at radius 2 is 1.38 bits per heavy atom. The second-order valence-corrected chi connectivity index (χ2v) is 30.3. The Morgan fingerprint density at radius 3 is 1.94 bits per heavy atom. The van der Waals surface area contributed by atoms with Crippen LogP contribution in [0.25, 0.3) is 6.08 Å². The number of rotatable bonds is 6. The third-order valence-electron chi connectivity index (χ3n) is 8.27. The van der Waals surface area contributed by atoms with Gasteiger partial charge in [0.2, 0.25) is 0 Å². The van der Waals surface area contributed by atoms with Crippen LogP contribution in [0.2, 0.25) is 13.1 Å². The molecule has 0 N–H and O–H groups in total. The van der Waals surface area contributed by atoms with E-state index in [1.165, 1.54) is 26.1 Å². The number of hydrogen-bond donors (Lipinski definition) is 0. The van der Waals surface area contributed by atoms with Crippen LogP contribution in [0.1, 0.15) is 32.9 Å². The summed E-state index contributed by atoms with van der Waals surface area (Å²) >= 11 is -3.48. The molecule has 0 aromatic heterocycles. The molecule has 0 saturated carbocycles. The molecule has 0 fully saturated rings. The first-order chi connectivity index (χ1) is 15.6. The van der Waals surface area contributed by atoms with E-state index in [2.05, 4.69) is 128 Å². The van der Waals surface area contributed by atoms with Crippen molar-refractivity contribution in [2.24, 2.45) is 0 Å². The second-order valence-electron chi connectivity index (χ2n) is 9.89. The fraction of sp³-hybridized carbons (Fsp3) is 0.200. The van der Waals surface area contributed by atoms with Gasteiger partial charge in [-0.2, -0.15) is 0 Å². The van der Waals surface area contributed by atoms with Crippen molar-refractivity contribution in [2.75, 3.05) is 0 Å². The zero-order chi connectivity index (χ0) is 22.0. The molecule has 0 spiro atoms. The Morgan fingerprint density at radius 1 is 0.781 bits per heavy atom. The summed E-state index contributed by atoms with van der Waals surface area (Å²) in [4.78, 5) is 0. The predicted octanol–water partition coefficient (Wildman–Crippen LogP) is 7.94. The summed E-state index contributed by atoms with van der Waals surface area (Å²) in [6, 6.07) is 32.0. The summed E-state index contributed by atoms with van der Waals surface area (Å²) in [6.07, 6.45) is 12.8. The summed E-state index contributed by atoms with van der Waals surface area (Å²) in [6.45, 7) is 5.28. The predicted molar refractivity (Wildman–Crippen MR) is 138 cm³/mol. The molecule has 0 amide bonds. The van der Waals surface area contributed by atoms with Crippen molar-refractivity contribution in [1.82, 2.24) is 0 Å². The van der Waals surface area contributed by atoms with Gasteiger partial charge in [-0.05, 0) is 0 Å². The van der Waals surface area contributed by atoms with E-state index in [-0.39, 0.29) is 0 Å². The van der Waals surface area contributed by atoms with Crippen molar-refractivity contribution in [3.05, 3.63) is 135 Å². The number of hydrogen-bond acceptors (Lipinski definition) is 0. The molecule has 0 heterocycles. The van der Waals surface area contributed by atoms with Crippen molar-refractivity contribution in [3.8, 4) is 0 Å². The average Bonchev–Trinajstić information content (AvgIpc) is 3.51. The summed E-state index contributed by atoms with van der Waals surface area (Å²) < 4.78 is 4.87. The van der Waals surface area contributed by atoms with Crippen LogP contribution < -0.4 is 0 Å². The maximum absolute atomic E-state index is 3.48. The molecule has 160 valence electrons. The van der Waals surface area contributed by atoms with Crippen LogP contribution in [0, 0.1) is 0 Å². The second kappa shape index (κ2) is 8.63. The fourth-order valence-electron chi connectivity index (χ4n) is 6.59. The van der Waals surface area contributed by atoms with Gasteiger partial charge in [0, 0.05) is 0 Å². The number of allylic oxidation sites excluding steroid dienone is 5. The third-order valence-corrected chi connectivity index (χ3v) is 36.5. The van der Waals surface area contributed by atoms with Crippen molar-refractivity contribution < 1.29 is 14.0 Å². The van der Waals surface area contributed by atoms with Crippen LogP contribution in [0.3, 0.4) is 0 Å². The molecule has 0 radical (unpaired) electrons. The zero-order valence-electron chi connectivity index (χ0n) is 19.2. The molecule has 3 aromatic carbocycles. The van der Waals surface area contributed by atoms with Gasteiger partial charge in [-0.3, -0.25) is 0 Å². The van der Waals surface area contributed by atoms with Crippen molar-refractivity contribution in [2.45, 2.75) is 33.2 Å². The normalized spacial score (nSPS) is 17.3. The first-order valence-electron chi connectivity index (χ1n) is 11.8. The standard InChI is InChI=1S/C9H7.2C7H7.C5H5.C2H6Si.Ti/c1-2-5-9-7-3-6-8(9)4-1;2*1-7-5-3-2-4-6-7;1-2-4-5-3-1;1-3-2;/h1-7H;2*2-6H,1H2;1-3H,4H2;1-2H3;. The third kappa shape index (κ3) is 3.39. The van der Waals surface area contributed by atoms with Gasteiger partial charge in [0.25, 0.3) is 0 Å². The molecule has 0 bridgehead atoms. The summed E-state index contributed by atoms with van der Waals surface area (Å²) in [7, 11) is 0. The van der Waals surface area contributed by atoms with Gasteiger partial charge in [-0.15, -0.1) is 0 Å². The summed E-state index contributed by atoms with van der Waals surface area (Å²) in [5.74, 6) is 0. The molecule has 0 aliphatic heterocycles. The number of fused-ring (bicyclic) bond motifs is 1. The molecular weight excluding hydrogens is 436 g/mol. The molecule has 0 saturated heterocycles. The minimum atomic E-state index is -3.48. The van der Waals surface area contributed by atoms with Gasteiger partial charge in [-0.1, -0.05) is 0 Å². The van der Waals surface area contributed by atoms with E-state index in [4.69, 9.17) is 0 Å². The first-order valence-corrected chi connectivity index (χ1v) is 20.5. The topological polar surface area (TPSA) is 0 Å². The van der Waals surface area contributed by atoms with Gasteiger partial charge in [0.05, 0.1) is 0 Å². The molecule has 1 atom stereocenters. The quantitative estimate of drug-likeness (QED) is 0.322.